The molecular formula is C71H78BN3. The maximum Gasteiger partial charge on any atom is 0.252 e. The molecule has 0 spiro atoms. The van der Waals surface area contributed by atoms with Crippen LogP contribution in [-0.4, -0.2) is 6.71 Å². The Morgan fingerprint density at radius 1 is 0.400 bits per heavy atom. The first-order chi connectivity index (χ1) is 35.1. The van der Waals surface area contributed by atoms with Crippen LogP contribution in [0.3, 0.4) is 0 Å². The second-order valence-corrected chi connectivity index (χ2v) is 27.6. The summed E-state index contributed by atoms with van der Waals surface area (Å²) in [5, 5.41) is 0. The third-order valence-electron chi connectivity index (χ3n) is 16.8. The Hall–Kier alpha value is -6.78. The van der Waals surface area contributed by atoms with Crippen molar-refractivity contribution in [3.63, 3.8) is 0 Å². The lowest BCUT2D eigenvalue weighted by Crippen LogP contribution is -2.62. The molecule has 2 heterocycles. The average molecular weight is 984 g/mol. The van der Waals surface area contributed by atoms with Crippen LogP contribution in [0.5, 0.6) is 0 Å². The van der Waals surface area contributed by atoms with Gasteiger partial charge in [-0.25, -0.2) is 0 Å². The molecule has 0 unspecified atom stereocenters. The highest BCUT2D eigenvalue weighted by atomic mass is 15.2. The van der Waals surface area contributed by atoms with Crippen LogP contribution in [0.2, 0.25) is 0 Å². The predicted molar refractivity (Wildman–Crippen MR) is 326 cm³/mol. The number of rotatable bonds is 5. The maximum absolute atomic E-state index is 2.66. The van der Waals surface area contributed by atoms with E-state index in [9.17, 15) is 0 Å². The summed E-state index contributed by atoms with van der Waals surface area (Å²) in [5.41, 5.74) is 26.3. The van der Waals surface area contributed by atoms with Gasteiger partial charge in [-0.15, -0.1) is 0 Å². The quantitative estimate of drug-likeness (QED) is 0.159. The lowest BCUT2D eigenvalue weighted by Gasteiger charge is -2.46. The third-order valence-corrected chi connectivity index (χ3v) is 16.8. The van der Waals surface area contributed by atoms with E-state index in [1.54, 1.807) is 0 Å². The highest BCUT2D eigenvalue weighted by Crippen LogP contribution is 2.59. The highest BCUT2D eigenvalue weighted by Gasteiger charge is 2.50. The van der Waals surface area contributed by atoms with E-state index in [-0.39, 0.29) is 39.2 Å². The number of fused-ring (bicyclic) bond motifs is 8. The minimum absolute atomic E-state index is 0.00621. The van der Waals surface area contributed by atoms with Crippen molar-refractivity contribution in [1.29, 1.82) is 0 Å². The first kappa shape index (κ1) is 50.4. The van der Waals surface area contributed by atoms with Crippen molar-refractivity contribution in [3.8, 4) is 11.1 Å². The van der Waals surface area contributed by atoms with Gasteiger partial charge in [-0.05, 0) is 161 Å². The molecule has 75 heavy (non-hydrogen) atoms. The number of nitrogens with zero attached hydrogens (tertiary/aromatic N) is 3. The molecule has 0 saturated carbocycles. The standard InChI is InChI=1S/C71H78BN3/c1-66(2,3)45-25-34-50(35-26-45)73(51-36-27-46(28-37-51)67(4,5)6)61-44-57-65(63-62(61)54-21-18-19-22-55(54)71(63,16)17)75(53-40-31-48(32-41-53)69(10,11)12)60-24-20-23-59-64(60)72(57)56-43-49(70(13,14)15)33-42-58(56)74(59)52-38-29-47(30-39-52)68(7,8)9/h18-44H,1-17H3. The highest BCUT2D eigenvalue weighted by molar-refractivity contribution is 7.00. The largest absolute Gasteiger partial charge is 0.311 e. The van der Waals surface area contributed by atoms with Gasteiger partial charge in [-0.1, -0.05) is 209 Å². The minimum atomic E-state index is -0.367. The van der Waals surface area contributed by atoms with E-state index in [0.29, 0.717) is 0 Å². The topological polar surface area (TPSA) is 9.72 Å². The van der Waals surface area contributed by atoms with Crippen molar-refractivity contribution >= 4 is 74.3 Å². The Balaban J connectivity index is 1.29. The number of anilines is 9. The molecule has 8 aromatic carbocycles. The van der Waals surface area contributed by atoms with Gasteiger partial charge in [0, 0.05) is 56.5 Å². The molecule has 3 nitrogen and oxygen atoms in total. The molecular weight excluding hydrogens is 906 g/mol. The van der Waals surface area contributed by atoms with Crippen LogP contribution in [0.1, 0.15) is 157 Å². The van der Waals surface area contributed by atoms with Gasteiger partial charge in [0.1, 0.15) is 0 Å². The van der Waals surface area contributed by atoms with Crippen LogP contribution in [0.4, 0.5) is 51.2 Å². The van der Waals surface area contributed by atoms with Gasteiger partial charge in [0.15, 0.2) is 0 Å². The molecule has 0 saturated heterocycles. The predicted octanol–water partition coefficient (Wildman–Crippen LogP) is 18.0. The fraction of sp³-hybridized carbons (Fsp3) is 0.324. The average Bonchev–Trinajstić information content (AvgIpc) is 3.62. The molecule has 0 fully saturated rings. The van der Waals surface area contributed by atoms with E-state index in [2.05, 4.69) is 296 Å². The second-order valence-electron chi connectivity index (χ2n) is 27.6. The summed E-state index contributed by atoms with van der Waals surface area (Å²) in [7, 11) is 0. The van der Waals surface area contributed by atoms with Gasteiger partial charge in [0.2, 0.25) is 0 Å². The fourth-order valence-corrected chi connectivity index (χ4v) is 12.4. The maximum atomic E-state index is 2.66. The normalized spacial score (nSPS) is 14.8. The van der Waals surface area contributed by atoms with Crippen LogP contribution in [0, 0.1) is 0 Å². The lowest BCUT2D eigenvalue weighted by molar-refractivity contribution is 0.590. The van der Waals surface area contributed by atoms with Gasteiger partial charge in [0.25, 0.3) is 6.71 Å². The number of hydrogen-bond acceptors (Lipinski definition) is 3. The molecule has 0 amide bonds. The van der Waals surface area contributed by atoms with Crippen LogP contribution >= 0.6 is 0 Å². The molecule has 4 heteroatoms. The summed E-state index contributed by atoms with van der Waals surface area (Å²) in [5.74, 6) is 0. The molecule has 0 atom stereocenters. The Morgan fingerprint density at radius 3 is 1.31 bits per heavy atom. The van der Waals surface area contributed by atoms with Crippen molar-refractivity contribution < 1.29 is 0 Å². The zero-order chi connectivity index (χ0) is 53.5. The molecule has 0 bridgehead atoms. The first-order valence-electron chi connectivity index (χ1n) is 27.6. The Kier molecular flexibility index (Phi) is 11.5. The van der Waals surface area contributed by atoms with Crippen molar-refractivity contribution in [2.75, 3.05) is 14.7 Å². The van der Waals surface area contributed by atoms with E-state index >= 15 is 0 Å². The van der Waals surface area contributed by atoms with Crippen molar-refractivity contribution in [2.45, 2.75) is 150 Å². The van der Waals surface area contributed by atoms with Crippen molar-refractivity contribution in [1.82, 2.24) is 0 Å². The number of hydrogen-bond donors (Lipinski definition) is 0. The van der Waals surface area contributed by atoms with Crippen LogP contribution in [0.15, 0.2) is 164 Å². The van der Waals surface area contributed by atoms with E-state index in [1.807, 2.05) is 0 Å². The molecule has 0 aromatic heterocycles. The Labute approximate surface area is 450 Å². The van der Waals surface area contributed by atoms with Crippen molar-refractivity contribution in [2.24, 2.45) is 0 Å². The fourth-order valence-electron chi connectivity index (χ4n) is 12.4. The summed E-state index contributed by atoms with van der Waals surface area (Å²) in [4.78, 5) is 7.80. The summed E-state index contributed by atoms with van der Waals surface area (Å²) < 4.78 is 0. The SMILES string of the molecule is CC(C)(C)c1ccc(N(c2ccc(C(C)(C)C)cc2)c2cc3c(c4c2-c2ccccc2C4(C)C)N(c2ccc(C(C)(C)C)cc2)c2cccc4c2B3c2cc(C(C)(C)C)ccc2N4c2ccc(C(C)(C)C)cc2)cc1. The lowest BCUT2D eigenvalue weighted by atomic mass is 9.33. The molecule has 8 aromatic rings. The van der Waals surface area contributed by atoms with E-state index in [4.69, 9.17) is 0 Å². The summed E-state index contributed by atoms with van der Waals surface area (Å²) >= 11 is 0. The molecule has 11 rings (SSSR count). The zero-order valence-electron chi connectivity index (χ0n) is 48.0. The van der Waals surface area contributed by atoms with Crippen LogP contribution in [0.25, 0.3) is 11.1 Å². The smallest absolute Gasteiger partial charge is 0.252 e. The Bertz CT molecular complexity index is 3450. The summed E-state index contributed by atoms with van der Waals surface area (Å²) in [6.45, 7) is 39.7. The summed E-state index contributed by atoms with van der Waals surface area (Å²) in [6, 6.07) is 64.1. The van der Waals surface area contributed by atoms with Gasteiger partial charge in [0.05, 0.1) is 5.69 Å². The second kappa shape index (κ2) is 17.1. The van der Waals surface area contributed by atoms with Crippen molar-refractivity contribution in [3.05, 3.63) is 203 Å². The molecule has 2 aliphatic heterocycles. The molecule has 3 aliphatic rings. The first-order valence-corrected chi connectivity index (χ1v) is 27.6. The zero-order valence-corrected chi connectivity index (χ0v) is 48.0. The van der Waals surface area contributed by atoms with Crippen LogP contribution in [-0.2, 0) is 32.5 Å². The molecule has 0 radical (unpaired) electrons. The van der Waals surface area contributed by atoms with E-state index in [0.717, 1.165) is 11.4 Å². The van der Waals surface area contributed by atoms with E-state index in [1.165, 1.54) is 106 Å². The monoisotopic (exact) mass is 984 g/mol. The summed E-state index contributed by atoms with van der Waals surface area (Å²) in [6.07, 6.45) is 0. The van der Waals surface area contributed by atoms with Gasteiger partial charge in [-0.2, -0.15) is 0 Å². The van der Waals surface area contributed by atoms with Gasteiger partial charge >= 0.3 is 0 Å². The third kappa shape index (κ3) is 8.34. The Morgan fingerprint density at radius 2 is 0.827 bits per heavy atom. The van der Waals surface area contributed by atoms with Crippen LogP contribution < -0.4 is 31.1 Å². The van der Waals surface area contributed by atoms with E-state index < -0.39 is 0 Å². The molecule has 0 N–H and O–H groups in total. The number of benzene rings is 8. The van der Waals surface area contributed by atoms with Gasteiger partial charge < -0.3 is 14.7 Å². The molecule has 380 valence electrons. The van der Waals surface area contributed by atoms with Gasteiger partial charge in [-0.3, -0.25) is 0 Å². The molecule has 1 aliphatic carbocycles. The minimum Gasteiger partial charge on any atom is -0.311 e.